The second kappa shape index (κ2) is 5.61. The first-order valence-corrected chi connectivity index (χ1v) is 3.96. The first-order chi connectivity index (χ1) is 5.25. The third kappa shape index (κ3) is 2.80. The molecule has 0 saturated heterocycles. The SMILES string of the molecule is O=Cc1ccccc1S(=O)[O-].[Na+]. The predicted octanol–water partition coefficient (Wildman–Crippen LogP) is -2.26. The zero-order valence-electron chi connectivity index (χ0n) is 6.52. The monoisotopic (exact) mass is 192 g/mol. The molecule has 0 aliphatic carbocycles. The second-order valence-corrected chi connectivity index (χ2v) is 2.80. The Bertz CT molecular complexity index is 300. The van der Waals surface area contributed by atoms with Crippen molar-refractivity contribution in [3.8, 4) is 0 Å². The molecule has 1 rings (SSSR count). The summed E-state index contributed by atoms with van der Waals surface area (Å²) in [4.78, 5) is 10.3. The Hall–Kier alpha value is -0.000000000000000222. The Morgan fingerprint density at radius 1 is 1.33 bits per heavy atom. The van der Waals surface area contributed by atoms with Gasteiger partial charge in [-0.15, -0.1) is 0 Å². The molecule has 1 aromatic carbocycles. The van der Waals surface area contributed by atoms with Crippen LogP contribution in [0.5, 0.6) is 0 Å². The van der Waals surface area contributed by atoms with Crippen molar-refractivity contribution in [2.45, 2.75) is 4.90 Å². The average molecular weight is 192 g/mol. The van der Waals surface area contributed by atoms with E-state index in [1.165, 1.54) is 12.1 Å². The van der Waals surface area contributed by atoms with Crippen LogP contribution in [0.1, 0.15) is 10.4 Å². The van der Waals surface area contributed by atoms with E-state index in [0.717, 1.165) is 0 Å². The molecule has 0 N–H and O–H groups in total. The number of benzene rings is 1. The third-order valence-electron chi connectivity index (χ3n) is 1.23. The van der Waals surface area contributed by atoms with Gasteiger partial charge in [0, 0.05) is 10.5 Å². The minimum Gasteiger partial charge on any atom is -0.768 e. The molecule has 0 fully saturated rings. The second-order valence-electron chi connectivity index (χ2n) is 1.89. The van der Waals surface area contributed by atoms with Gasteiger partial charge in [0.2, 0.25) is 0 Å². The molecule has 5 heteroatoms. The topological polar surface area (TPSA) is 57.2 Å². The first-order valence-electron chi connectivity index (χ1n) is 2.89. The van der Waals surface area contributed by atoms with E-state index in [2.05, 4.69) is 0 Å². The number of aldehydes is 1. The summed E-state index contributed by atoms with van der Waals surface area (Å²) in [7, 11) is 0. The van der Waals surface area contributed by atoms with Gasteiger partial charge in [-0.05, 0) is 17.1 Å². The molecule has 1 aromatic rings. The minimum atomic E-state index is -2.32. The van der Waals surface area contributed by atoms with E-state index in [1.807, 2.05) is 0 Å². The van der Waals surface area contributed by atoms with Crippen molar-refractivity contribution in [1.82, 2.24) is 0 Å². The minimum absolute atomic E-state index is 0. The van der Waals surface area contributed by atoms with Gasteiger partial charge in [0.1, 0.15) is 0 Å². The fourth-order valence-electron chi connectivity index (χ4n) is 0.730. The Morgan fingerprint density at radius 2 is 1.92 bits per heavy atom. The molecule has 0 aliphatic rings. The maximum absolute atomic E-state index is 10.4. The van der Waals surface area contributed by atoms with E-state index in [9.17, 15) is 13.6 Å². The van der Waals surface area contributed by atoms with Gasteiger partial charge in [-0.3, -0.25) is 9.00 Å². The zero-order chi connectivity index (χ0) is 8.27. The van der Waals surface area contributed by atoms with Crippen molar-refractivity contribution in [3.05, 3.63) is 29.8 Å². The van der Waals surface area contributed by atoms with Crippen LogP contribution in [0.3, 0.4) is 0 Å². The molecule has 12 heavy (non-hydrogen) atoms. The average Bonchev–Trinajstić information content (AvgIpc) is 2.04. The van der Waals surface area contributed by atoms with E-state index in [4.69, 9.17) is 0 Å². The summed E-state index contributed by atoms with van der Waals surface area (Å²) in [5.74, 6) is 0. The van der Waals surface area contributed by atoms with Gasteiger partial charge in [-0.1, -0.05) is 18.2 Å². The van der Waals surface area contributed by atoms with Crippen LogP contribution < -0.4 is 29.6 Å². The molecule has 0 bridgehead atoms. The maximum atomic E-state index is 10.4. The van der Waals surface area contributed by atoms with Crippen LogP contribution in [-0.2, 0) is 11.1 Å². The number of hydrogen-bond donors (Lipinski definition) is 0. The standard InChI is InChI=1S/C7H6O3S.Na/c8-5-6-3-1-2-4-7(6)11(9)10;/h1-5H,(H,9,10);/q;+1/p-1. The van der Waals surface area contributed by atoms with Crippen LogP contribution in [0, 0.1) is 0 Å². The van der Waals surface area contributed by atoms with E-state index >= 15 is 0 Å². The summed E-state index contributed by atoms with van der Waals surface area (Å²) >= 11 is -2.32. The Labute approximate surface area is 94.7 Å². The van der Waals surface area contributed by atoms with Gasteiger partial charge in [-0.2, -0.15) is 0 Å². The van der Waals surface area contributed by atoms with Crippen LogP contribution >= 0.6 is 0 Å². The predicted molar refractivity (Wildman–Crippen MR) is 39.0 cm³/mol. The fourth-order valence-corrected chi connectivity index (χ4v) is 1.23. The third-order valence-corrected chi connectivity index (χ3v) is 1.96. The molecule has 0 amide bonds. The van der Waals surface area contributed by atoms with Crippen molar-refractivity contribution in [2.24, 2.45) is 0 Å². The zero-order valence-corrected chi connectivity index (χ0v) is 9.34. The summed E-state index contributed by atoms with van der Waals surface area (Å²) in [6.45, 7) is 0. The molecule has 1 unspecified atom stereocenters. The quantitative estimate of drug-likeness (QED) is 0.302. The van der Waals surface area contributed by atoms with Crippen LogP contribution in [0.4, 0.5) is 0 Å². The molecule has 0 radical (unpaired) electrons. The van der Waals surface area contributed by atoms with E-state index in [-0.39, 0.29) is 40.0 Å². The van der Waals surface area contributed by atoms with Crippen molar-refractivity contribution in [3.63, 3.8) is 0 Å². The largest absolute Gasteiger partial charge is 1.00 e. The Balaban J connectivity index is 0.00000121. The van der Waals surface area contributed by atoms with E-state index in [1.54, 1.807) is 12.1 Å². The summed E-state index contributed by atoms with van der Waals surface area (Å²) < 4.78 is 20.8. The van der Waals surface area contributed by atoms with Crippen molar-refractivity contribution >= 4 is 17.4 Å². The first kappa shape index (κ1) is 12.0. The normalized spacial score (nSPS) is 11.4. The summed E-state index contributed by atoms with van der Waals surface area (Å²) in [6, 6.07) is 6.02. The van der Waals surface area contributed by atoms with Gasteiger partial charge < -0.3 is 4.55 Å². The summed E-state index contributed by atoms with van der Waals surface area (Å²) in [6.07, 6.45) is 0.519. The number of rotatable bonds is 2. The molecule has 0 saturated carbocycles. The van der Waals surface area contributed by atoms with Gasteiger partial charge in [0.25, 0.3) is 0 Å². The van der Waals surface area contributed by atoms with Crippen molar-refractivity contribution < 1.29 is 43.1 Å². The molecular formula is C7H5NaO3S. The van der Waals surface area contributed by atoms with Gasteiger partial charge in [0.05, 0.1) is 0 Å². The number of hydrogen-bond acceptors (Lipinski definition) is 3. The van der Waals surface area contributed by atoms with Crippen LogP contribution in [0.25, 0.3) is 0 Å². The molecule has 0 heterocycles. The van der Waals surface area contributed by atoms with E-state index in [0.29, 0.717) is 6.29 Å². The molecule has 3 nitrogen and oxygen atoms in total. The van der Waals surface area contributed by atoms with Gasteiger partial charge in [0.15, 0.2) is 6.29 Å². The molecule has 0 spiro atoms. The van der Waals surface area contributed by atoms with Crippen LogP contribution in [0.15, 0.2) is 29.2 Å². The molecule has 0 aromatic heterocycles. The Morgan fingerprint density at radius 3 is 2.33 bits per heavy atom. The molecular weight excluding hydrogens is 187 g/mol. The number of carbonyl (C=O) groups is 1. The van der Waals surface area contributed by atoms with Crippen molar-refractivity contribution in [2.75, 3.05) is 0 Å². The van der Waals surface area contributed by atoms with Gasteiger partial charge >= 0.3 is 29.6 Å². The summed E-state index contributed by atoms with van der Waals surface area (Å²) in [5, 5.41) is 0. The fraction of sp³-hybridized carbons (Fsp3) is 0. The molecule has 1 atom stereocenters. The number of carbonyl (C=O) groups excluding carboxylic acids is 1. The van der Waals surface area contributed by atoms with E-state index < -0.39 is 11.1 Å². The van der Waals surface area contributed by atoms with Crippen LogP contribution in [-0.4, -0.2) is 15.0 Å². The van der Waals surface area contributed by atoms with Crippen molar-refractivity contribution in [1.29, 1.82) is 0 Å². The summed E-state index contributed by atoms with van der Waals surface area (Å²) in [5.41, 5.74) is 0.195. The maximum Gasteiger partial charge on any atom is 1.00 e. The smallest absolute Gasteiger partial charge is 0.768 e. The Kier molecular flexibility index (Phi) is 5.61. The molecule has 0 aliphatic heterocycles. The van der Waals surface area contributed by atoms with Crippen LogP contribution in [0.2, 0.25) is 0 Å². The van der Waals surface area contributed by atoms with Gasteiger partial charge in [-0.25, -0.2) is 0 Å². The molecule has 58 valence electrons.